The lowest BCUT2D eigenvalue weighted by atomic mass is 9.92. The van der Waals surface area contributed by atoms with Crippen molar-refractivity contribution in [3.05, 3.63) is 71.8 Å². The molecule has 6 nitrogen and oxygen atoms in total. The zero-order chi connectivity index (χ0) is 20.1. The van der Waals surface area contributed by atoms with Crippen LogP contribution in [-0.4, -0.2) is 35.3 Å². The van der Waals surface area contributed by atoms with Crippen molar-refractivity contribution in [1.29, 1.82) is 0 Å². The fourth-order valence-electron chi connectivity index (χ4n) is 3.37. The molecule has 146 valence electrons. The third kappa shape index (κ3) is 4.22. The number of urea groups is 1. The number of nitrogens with zero attached hydrogens (tertiary/aromatic N) is 1. The smallest absolute Gasteiger partial charge is 0.325 e. The molecular formula is C22H25N3O3. The lowest BCUT2D eigenvalue weighted by molar-refractivity contribution is -0.135. The summed E-state index contributed by atoms with van der Waals surface area (Å²) in [5.41, 5.74) is 0.737. The SMILES string of the molecule is C[C@H](CCc1ccccc1)NC(=O)CN1C(=O)N[C@@](C)(c2ccccc2)C1=O. The van der Waals surface area contributed by atoms with Gasteiger partial charge >= 0.3 is 6.03 Å². The van der Waals surface area contributed by atoms with Gasteiger partial charge in [0.15, 0.2) is 0 Å². The summed E-state index contributed by atoms with van der Waals surface area (Å²) in [6.07, 6.45) is 1.62. The van der Waals surface area contributed by atoms with Crippen molar-refractivity contribution in [3.8, 4) is 0 Å². The van der Waals surface area contributed by atoms with Gasteiger partial charge < -0.3 is 10.6 Å². The molecule has 6 heteroatoms. The van der Waals surface area contributed by atoms with E-state index >= 15 is 0 Å². The van der Waals surface area contributed by atoms with E-state index in [-0.39, 0.29) is 18.5 Å². The van der Waals surface area contributed by atoms with Gasteiger partial charge in [0, 0.05) is 6.04 Å². The summed E-state index contributed by atoms with van der Waals surface area (Å²) in [6.45, 7) is 3.28. The average Bonchev–Trinajstić information content (AvgIpc) is 2.92. The monoisotopic (exact) mass is 379 g/mol. The van der Waals surface area contributed by atoms with Crippen LogP contribution in [0.25, 0.3) is 0 Å². The predicted octanol–water partition coefficient (Wildman–Crippen LogP) is 2.59. The molecule has 2 aromatic rings. The summed E-state index contributed by atoms with van der Waals surface area (Å²) in [4.78, 5) is 38.5. The standard InChI is InChI=1S/C22H25N3O3/c1-16(13-14-17-9-5-3-6-10-17)23-19(26)15-25-20(27)22(2,24-21(25)28)18-11-7-4-8-12-18/h3-12,16H,13-15H2,1-2H3,(H,23,26)(H,24,28)/t16-,22+/m1/s1. The van der Waals surface area contributed by atoms with Gasteiger partial charge in [-0.1, -0.05) is 60.7 Å². The number of carbonyl (C=O) groups is 3. The van der Waals surface area contributed by atoms with E-state index in [0.717, 1.165) is 17.7 Å². The first kappa shape index (κ1) is 19.6. The van der Waals surface area contributed by atoms with Gasteiger partial charge in [0.1, 0.15) is 12.1 Å². The zero-order valence-corrected chi connectivity index (χ0v) is 16.1. The van der Waals surface area contributed by atoms with Gasteiger partial charge in [0.25, 0.3) is 5.91 Å². The Bertz CT molecular complexity index is 854. The van der Waals surface area contributed by atoms with Crippen molar-refractivity contribution in [2.75, 3.05) is 6.54 Å². The third-order valence-electron chi connectivity index (χ3n) is 5.04. The molecule has 0 spiro atoms. The molecule has 0 saturated carbocycles. The number of benzene rings is 2. The highest BCUT2D eigenvalue weighted by Crippen LogP contribution is 2.28. The first-order valence-electron chi connectivity index (χ1n) is 9.43. The highest BCUT2D eigenvalue weighted by atomic mass is 16.2. The number of amides is 4. The first-order chi connectivity index (χ1) is 13.4. The number of hydrogen-bond acceptors (Lipinski definition) is 3. The van der Waals surface area contributed by atoms with Crippen molar-refractivity contribution in [1.82, 2.24) is 15.5 Å². The molecule has 1 aliphatic heterocycles. The molecule has 2 atom stereocenters. The fraction of sp³-hybridized carbons (Fsp3) is 0.318. The highest BCUT2D eigenvalue weighted by Gasteiger charge is 2.49. The van der Waals surface area contributed by atoms with Crippen LogP contribution in [-0.2, 0) is 21.5 Å². The third-order valence-corrected chi connectivity index (χ3v) is 5.04. The fourth-order valence-corrected chi connectivity index (χ4v) is 3.37. The minimum atomic E-state index is -1.16. The average molecular weight is 379 g/mol. The minimum absolute atomic E-state index is 0.0611. The van der Waals surface area contributed by atoms with E-state index in [0.29, 0.717) is 5.56 Å². The summed E-state index contributed by atoms with van der Waals surface area (Å²) in [5, 5.41) is 5.58. The lowest BCUT2D eigenvalue weighted by Crippen LogP contribution is -2.45. The molecule has 1 saturated heterocycles. The van der Waals surface area contributed by atoms with Crippen molar-refractivity contribution >= 4 is 17.8 Å². The van der Waals surface area contributed by atoms with Crippen LogP contribution in [0.1, 0.15) is 31.4 Å². The van der Waals surface area contributed by atoms with Gasteiger partial charge in [-0.05, 0) is 37.8 Å². The zero-order valence-electron chi connectivity index (χ0n) is 16.1. The Labute approximate surface area is 164 Å². The van der Waals surface area contributed by atoms with Crippen LogP contribution < -0.4 is 10.6 Å². The molecule has 3 rings (SSSR count). The van der Waals surface area contributed by atoms with Crippen LogP contribution in [0.15, 0.2) is 60.7 Å². The van der Waals surface area contributed by atoms with E-state index in [1.165, 1.54) is 5.56 Å². The number of hydrogen-bond donors (Lipinski definition) is 2. The highest BCUT2D eigenvalue weighted by molar-refractivity contribution is 6.09. The Morgan fingerprint density at radius 1 is 1.07 bits per heavy atom. The van der Waals surface area contributed by atoms with Crippen LogP contribution in [0.2, 0.25) is 0 Å². The van der Waals surface area contributed by atoms with E-state index in [1.54, 1.807) is 19.1 Å². The first-order valence-corrected chi connectivity index (χ1v) is 9.43. The largest absolute Gasteiger partial charge is 0.352 e. The molecule has 2 aromatic carbocycles. The molecule has 0 unspecified atom stereocenters. The molecule has 0 bridgehead atoms. The summed E-state index contributed by atoms with van der Waals surface area (Å²) in [6, 6.07) is 18.5. The second-order valence-electron chi connectivity index (χ2n) is 7.31. The van der Waals surface area contributed by atoms with Crippen LogP contribution in [0.4, 0.5) is 4.79 Å². The normalized spacial score (nSPS) is 20.0. The van der Waals surface area contributed by atoms with Crippen molar-refractivity contribution in [2.45, 2.75) is 38.3 Å². The molecule has 0 aliphatic carbocycles. The van der Waals surface area contributed by atoms with Gasteiger partial charge in [-0.2, -0.15) is 0 Å². The minimum Gasteiger partial charge on any atom is -0.352 e. The van der Waals surface area contributed by atoms with Crippen molar-refractivity contribution in [3.63, 3.8) is 0 Å². The summed E-state index contributed by atoms with van der Waals surface area (Å²) >= 11 is 0. The Morgan fingerprint density at radius 3 is 2.32 bits per heavy atom. The van der Waals surface area contributed by atoms with E-state index in [4.69, 9.17) is 0 Å². The van der Waals surface area contributed by atoms with Crippen molar-refractivity contribution < 1.29 is 14.4 Å². The van der Waals surface area contributed by atoms with Gasteiger partial charge in [0.2, 0.25) is 5.91 Å². The van der Waals surface area contributed by atoms with Gasteiger partial charge in [-0.25, -0.2) is 4.79 Å². The second kappa shape index (κ2) is 8.25. The van der Waals surface area contributed by atoms with Crippen LogP contribution in [0.3, 0.4) is 0 Å². The molecule has 1 heterocycles. The molecule has 1 fully saturated rings. The van der Waals surface area contributed by atoms with Crippen LogP contribution in [0, 0.1) is 0 Å². The maximum Gasteiger partial charge on any atom is 0.325 e. The number of rotatable bonds is 7. The van der Waals surface area contributed by atoms with Gasteiger partial charge in [0.05, 0.1) is 0 Å². The molecule has 28 heavy (non-hydrogen) atoms. The molecule has 0 aromatic heterocycles. The van der Waals surface area contributed by atoms with E-state index in [2.05, 4.69) is 10.6 Å². The Balaban J connectivity index is 1.56. The molecule has 1 aliphatic rings. The number of imide groups is 1. The summed E-state index contributed by atoms with van der Waals surface area (Å²) in [5.74, 6) is -0.767. The van der Waals surface area contributed by atoms with E-state index < -0.39 is 17.5 Å². The van der Waals surface area contributed by atoms with Gasteiger partial charge in [-0.3, -0.25) is 14.5 Å². The molecule has 2 N–H and O–H groups in total. The molecule has 0 radical (unpaired) electrons. The van der Waals surface area contributed by atoms with Crippen LogP contribution in [0.5, 0.6) is 0 Å². The molecular weight excluding hydrogens is 354 g/mol. The Kier molecular flexibility index (Phi) is 5.78. The van der Waals surface area contributed by atoms with Crippen LogP contribution >= 0.6 is 0 Å². The maximum absolute atomic E-state index is 12.8. The predicted molar refractivity (Wildman–Crippen MR) is 106 cm³/mol. The Morgan fingerprint density at radius 2 is 1.68 bits per heavy atom. The maximum atomic E-state index is 12.8. The molecule has 4 amide bonds. The summed E-state index contributed by atoms with van der Waals surface area (Å²) in [7, 11) is 0. The second-order valence-corrected chi connectivity index (χ2v) is 7.31. The quantitative estimate of drug-likeness (QED) is 0.726. The van der Waals surface area contributed by atoms with Gasteiger partial charge in [-0.15, -0.1) is 0 Å². The Hall–Kier alpha value is -3.15. The van der Waals surface area contributed by atoms with E-state index in [1.807, 2.05) is 55.5 Å². The summed E-state index contributed by atoms with van der Waals surface area (Å²) < 4.78 is 0. The van der Waals surface area contributed by atoms with Crippen molar-refractivity contribution in [2.24, 2.45) is 0 Å². The number of carbonyl (C=O) groups excluding carboxylic acids is 3. The topological polar surface area (TPSA) is 78.5 Å². The number of aryl methyl sites for hydroxylation is 1. The lowest BCUT2D eigenvalue weighted by Gasteiger charge is -2.22. The number of nitrogens with one attached hydrogen (secondary N) is 2. The van der Waals surface area contributed by atoms with E-state index in [9.17, 15) is 14.4 Å².